The molecule has 1 aromatic rings. The largest absolute Gasteiger partial charge is 0.422 e. The van der Waals surface area contributed by atoms with Gasteiger partial charge in [-0.25, -0.2) is 4.79 Å². The van der Waals surface area contributed by atoms with Crippen LogP contribution in [0.15, 0.2) is 39.3 Å². The van der Waals surface area contributed by atoms with E-state index in [0.717, 1.165) is 15.4 Å². The lowest BCUT2D eigenvalue weighted by molar-refractivity contribution is -0.130. The van der Waals surface area contributed by atoms with Gasteiger partial charge in [0, 0.05) is 10.0 Å². The molecule has 0 amide bonds. The second-order valence-corrected chi connectivity index (χ2v) is 5.42. The molecule has 1 atom stereocenters. The maximum atomic E-state index is 11.8. The second kappa shape index (κ2) is 6.36. The Balaban J connectivity index is 2.82. The number of ether oxygens (including phenoxy) is 1. The molecule has 0 saturated heterocycles. The average molecular weight is 362 g/mol. The summed E-state index contributed by atoms with van der Waals surface area (Å²) in [6.45, 7) is 7.74. The molecule has 0 aliphatic carbocycles. The number of halogens is 2. The van der Waals surface area contributed by atoms with Crippen molar-refractivity contribution in [3.05, 3.63) is 39.3 Å². The third kappa shape index (κ3) is 3.68. The molecule has 92 valence electrons. The van der Waals surface area contributed by atoms with Gasteiger partial charge >= 0.3 is 5.97 Å². The van der Waals surface area contributed by atoms with E-state index in [0.29, 0.717) is 11.3 Å². The molecule has 0 radical (unpaired) electrons. The van der Waals surface area contributed by atoms with Crippen molar-refractivity contribution in [2.24, 2.45) is 5.92 Å². The average Bonchev–Trinajstić information content (AvgIpc) is 2.32. The fraction of sp³-hybridized carbons (Fsp3) is 0.308. The minimum absolute atomic E-state index is 0.133. The zero-order valence-corrected chi connectivity index (χ0v) is 13.0. The fourth-order valence-electron chi connectivity index (χ4n) is 1.18. The number of esters is 1. The fourth-order valence-corrected chi connectivity index (χ4v) is 1.87. The highest BCUT2D eigenvalue weighted by Crippen LogP contribution is 2.32. The van der Waals surface area contributed by atoms with Gasteiger partial charge in [0.15, 0.2) is 0 Å². The number of hydrogen-bond acceptors (Lipinski definition) is 2. The highest BCUT2D eigenvalue weighted by atomic mass is 79.9. The summed E-state index contributed by atoms with van der Waals surface area (Å²) in [4.78, 5) is 11.8. The summed E-state index contributed by atoms with van der Waals surface area (Å²) in [5, 5.41) is 0. The molecule has 0 fully saturated rings. The van der Waals surface area contributed by atoms with Crippen LogP contribution in [0.4, 0.5) is 0 Å². The lowest BCUT2D eigenvalue weighted by atomic mass is 10.0. The number of benzene rings is 1. The van der Waals surface area contributed by atoms with Gasteiger partial charge in [-0.1, -0.05) is 26.5 Å². The number of hydrogen-bond donors (Lipinski definition) is 0. The first-order chi connectivity index (χ1) is 7.97. The molecule has 1 unspecified atom stereocenters. The van der Waals surface area contributed by atoms with Crippen molar-refractivity contribution in [3.63, 3.8) is 0 Å². The summed E-state index contributed by atoms with van der Waals surface area (Å²) >= 11 is 6.71. The molecule has 0 bridgehead atoms. The number of rotatable bonds is 4. The topological polar surface area (TPSA) is 26.3 Å². The normalized spacial score (nSPS) is 12.0. The highest BCUT2D eigenvalue weighted by Gasteiger charge is 2.17. The van der Waals surface area contributed by atoms with E-state index in [1.807, 2.05) is 26.0 Å². The third-order valence-corrected chi connectivity index (χ3v) is 4.60. The van der Waals surface area contributed by atoms with Gasteiger partial charge < -0.3 is 4.74 Å². The molecule has 0 aliphatic heterocycles. The van der Waals surface area contributed by atoms with Crippen molar-refractivity contribution in [2.75, 3.05) is 0 Å². The smallest absolute Gasteiger partial charge is 0.339 e. The van der Waals surface area contributed by atoms with Crippen LogP contribution in [0.5, 0.6) is 5.75 Å². The van der Waals surface area contributed by atoms with Crippen LogP contribution >= 0.6 is 31.9 Å². The maximum Gasteiger partial charge on any atom is 0.339 e. The Labute approximate surface area is 118 Å². The quantitative estimate of drug-likeness (QED) is 0.440. The zero-order chi connectivity index (χ0) is 13.0. The summed E-state index contributed by atoms with van der Waals surface area (Å²) in [5.74, 6) is 0.250. The number of carbonyl (C=O) groups excluding carboxylic acids is 1. The Hall–Kier alpha value is -0.610. The van der Waals surface area contributed by atoms with Gasteiger partial charge in [-0.3, -0.25) is 0 Å². The predicted molar refractivity (Wildman–Crippen MR) is 76.1 cm³/mol. The van der Waals surface area contributed by atoms with E-state index in [9.17, 15) is 4.79 Å². The Morgan fingerprint density at radius 2 is 2.12 bits per heavy atom. The van der Waals surface area contributed by atoms with Gasteiger partial charge in [-0.05, 0) is 56.3 Å². The van der Waals surface area contributed by atoms with E-state index in [4.69, 9.17) is 4.74 Å². The molecular weight excluding hydrogens is 348 g/mol. The first-order valence-electron chi connectivity index (χ1n) is 5.32. The lowest BCUT2D eigenvalue weighted by Gasteiger charge is -2.12. The molecule has 0 aromatic heterocycles. The van der Waals surface area contributed by atoms with Crippen LogP contribution in [0, 0.1) is 5.92 Å². The molecule has 0 spiro atoms. The summed E-state index contributed by atoms with van der Waals surface area (Å²) in [6, 6.07) is 5.41. The Morgan fingerprint density at radius 3 is 2.71 bits per heavy atom. The maximum absolute atomic E-state index is 11.8. The summed E-state index contributed by atoms with van der Waals surface area (Å²) in [7, 11) is 0. The molecule has 1 aromatic carbocycles. The predicted octanol–water partition coefficient (Wildman–Crippen LogP) is 4.72. The van der Waals surface area contributed by atoms with E-state index in [-0.39, 0.29) is 11.9 Å². The van der Waals surface area contributed by atoms with Crippen molar-refractivity contribution in [3.8, 4) is 5.75 Å². The summed E-state index contributed by atoms with van der Waals surface area (Å²) in [5.41, 5.74) is 0.499. The van der Waals surface area contributed by atoms with Crippen LogP contribution in [-0.2, 0) is 4.79 Å². The van der Waals surface area contributed by atoms with Crippen LogP contribution in [0.3, 0.4) is 0 Å². The van der Waals surface area contributed by atoms with E-state index >= 15 is 0 Å². The second-order valence-electron chi connectivity index (χ2n) is 3.78. The van der Waals surface area contributed by atoms with E-state index < -0.39 is 0 Å². The molecule has 2 nitrogen and oxygen atoms in total. The molecular formula is C13H14Br2O2. The lowest BCUT2D eigenvalue weighted by Crippen LogP contribution is -2.15. The molecule has 0 N–H and O–H groups in total. The van der Waals surface area contributed by atoms with Gasteiger partial charge in [0.05, 0.1) is 4.47 Å². The van der Waals surface area contributed by atoms with Crippen LogP contribution < -0.4 is 4.74 Å². The highest BCUT2D eigenvalue weighted by molar-refractivity contribution is 9.13. The van der Waals surface area contributed by atoms with Crippen LogP contribution in [-0.4, -0.2) is 5.97 Å². The van der Waals surface area contributed by atoms with Crippen molar-refractivity contribution < 1.29 is 9.53 Å². The molecule has 17 heavy (non-hydrogen) atoms. The third-order valence-electron chi connectivity index (χ3n) is 2.59. The van der Waals surface area contributed by atoms with Crippen LogP contribution in [0.1, 0.15) is 20.3 Å². The van der Waals surface area contributed by atoms with E-state index in [1.54, 1.807) is 6.07 Å². The monoisotopic (exact) mass is 360 g/mol. The SMILES string of the molecule is C=C(C(=O)Oc1cccc(Br)c1Br)C(C)CC. The standard InChI is InChI=1S/C13H14Br2O2/c1-4-8(2)9(3)13(16)17-11-7-5-6-10(14)12(11)15/h5-8H,3-4H2,1-2H3. The van der Waals surface area contributed by atoms with Crippen molar-refractivity contribution in [1.82, 2.24) is 0 Å². The van der Waals surface area contributed by atoms with Gasteiger partial charge in [0.2, 0.25) is 0 Å². The first kappa shape index (κ1) is 14.5. The summed E-state index contributed by atoms with van der Waals surface area (Å²) in [6.07, 6.45) is 0.869. The van der Waals surface area contributed by atoms with Crippen molar-refractivity contribution in [2.45, 2.75) is 20.3 Å². The molecule has 0 heterocycles. The van der Waals surface area contributed by atoms with Gasteiger partial charge in [0.1, 0.15) is 5.75 Å². The van der Waals surface area contributed by atoms with Crippen LogP contribution in [0.25, 0.3) is 0 Å². The molecule has 1 rings (SSSR count). The van der Waals surface area contributed by atoms with Gasteiger partial charge in [-0.2, -0.15) is 0 Å². The van der Waals surface area contributed by atoms with Gasteiger partial charge in [0.25, 0.3) is 0 Å². The minimum atomic E-state index is -0.377. The van der Waals surface area contributed by atoms with E-state index in [1.165, 1.54) is 0 Å². The Kier molecular flexibility index (Phi) is 5.40. The zero-order valence-electron chi connectivity index (χ0n) is 9.80. The van der Waals surface area contributed by atoms with Crippen LogP contribution in [0.2, 0.25) is 0 Å². The number of carbonyl (C=O) groups is 1. The molecule has 4 heteroatoms. The van der Waals surface area contributed by atoms with Crippen molar-refractivity contribution in [1.29, 1.82) is 0 Å². The molecule has 0 saturated carbocycles. The van der Waals surface area contributed by atoms with Gasteiger partial charge in [-0.15, -0.1) is 0 Å². The molecule has 0 aliphatic rings. The summed E-state index contributed by atoms with van der Waals surface area (Å²) < 4.78 is 6.87. The van der Waals surface area contributed by atoms with E-state index in [2.05, 4.69) is 38.4 Å². The Morgan fingerprint density at radius 1 is 1.47 bits per heavy atom. The minimum Gasteiger partial charge on any atom is -0.422 e. The van der Waals surface area contributed by atoms with Crippen molar-refractivity contribution >= 4 is 37.8 Å². The first-order valence-corrected chi connectivity index (χ1v) is 6.91. The Bertz CT molecular complexity index is 441.